The standard InChI is InChI=1S/C10H19NO6S/c1-7(2)9(10(13)14)11-18(15,16)6-4-5-8(12)17-3/h7,9,11H,4-6H2,1-3H3,(H,13,14). The molecule has 0 aliphatic heterocycles. The van der Waals surface area contributed by atoms with Crippen molar-refractivity contribution in [2.24, 2.45) is 5.92 Å². The molecule has 1 atom stereocenters. The number of esters is 1. The molecule has 0 saturated carbocycles. The number of hydrogen-bond donors (Lipinski definition) is 2. The maximum absolute atomic E-state index is 11.6. The van der Waals surface area contributed by atoms with Gasteiger partial charge in [-0.3, -0.25) is 9.59 Å². The highest BCUT2D eigenvalue weighted by atomic mass is 32.2. The van der Waals surface area contributed by atoms with Crippen molar-refractivity contribution in [3.63, 3.8) is 0 Å². The summed E-state index contributed by atoms with van der Waals surface area (Å²) in [6.45, 7) is 3.21. The van der Waals surface area contributed by atoms with Gasteiger partial charge >= 0.3 is 11.9 Å². The number of methoxy groups -OCH3 is 1. The van der Waals surface area contributed by atoms with E-state index in [1.807, 2.05) is 0 Å². The number of carboxylic acids is 1. The van der Waals surface area contributed by atoms with Crippen molar-refractivity contribution in [1.29, 1.82) is 0 Å². The van der Waals surface area contributed by atoms with E-state index in [4.69, 9.17) is 5.11 Å². The number of hydrogen-bond acceptors (Lipinski definition) is 5. The fourth-order valence-electron chi connectivity index (χ4n) is 1.23. The monoisotopic (exact) mass is 281 g/mol. The highest BCUT2D eigenvalue weighted by Gasteiger charge is 2.26. The zero-order valence-electron chi connectivity index (χ0n) is 10.7. The molecule has 18 heavy (non-hydrogen) atoms. The third-order valence-electron chi connectivity index (χ3n) is 2.26. The molecule has 0 radical (unpaired) electrons. The van der Waals surface area contributed by atoms with Crippen molar-refractivity contribution < 1.29 is 27.9 Å². The molecule has 106 valence electrons. The summed E-state index contributed by atoms with van der Waals surface area (Å²) in [5.41, 5.74) is 0. The van der Waals surface area contributed by atoms with Crippen molar-refractivity contribution in [3.05, 3.63) is 0 Å². The van der Waals surface area contributed by atoms with Crippen LogP contribution in [0.1, 0.15) is 26.7 Å². The van der Waals surface area contributed by atoms with E-state index in [0.29, 0.717) is 0 Å². The van der Waals surface area contributed by atoms with Crippen molar-refractivity contribution in [1.82, 2.24) is 4.72 Å². The molecule has 0 rings (SSSR count). The van der Waals surface area contributed by atoms with E-state index in [0.717, 1.165) is 0 Å². The van der Waals surface area contributed by atoms with Gasteiger partial charge < -0.3 is 9.84 Å². The fraction of sp³-hybridized carbons (Fsp3) is 0.800. The minimum absolute atomic E-state index is 0.0170. The molecule has 0 spiro atoms. The van der Waals surface area contributed by atoms with Gasteiger partial charge in [-0.2, -0.15) is 0 Å². The lowest BCUT2D eigenvalue weighted by Gasteiger charge is -2.17. The molecular formula is C10H19NO6S. The van der Waals surface area contributed by atoms with Crippen LogP contribution in [0.3, 0.4) is 0 Å². The molecule has 0 fully saturated rings. The lowest BCUT2D eigenvalue weighted by atomic mass is 10.1. The average molecular weight is 281 g/mol. The molecule has 0 amide bonds. The lowest BCUT2D eigenvalue weighted by Crippen LogP contribution is -2.45. The van der Waals surface area contributed by atoms with Crippen LogP contribution in [0, 0.1) is 5.92 Å². The minimum atomic E-state index is -3.71. The van der Waals surface area contributed by atoms with E-state index in [-0.39, 0.29) is 24.5 Å². The number of nitrogens with one attached hydrogen (secondary N) is 1. The van der Waals surface area contributed by atoms with E-state index in [9.17, 15) is 18.0 Å². The van der Waals surface area contributed by atoms with Crippen LogP contribution in [0.15, 0.2) is 0 Å². The van der Waals surface area contributed by atoms with E-state index in [1.54, 1.807) is 13.8 Å². The Labute approximate surface area is 107 Å². The van der Waals surface area contributed by atoms with E-state index < -0.39 is 28.0 Å². The van der Waals surface area contributed by atoms with Gasteiger partial charge in [0.25, 0.3) is 0 Å². The van der Waals surface area contributed by atoms with Gasteiger partial charge in [-0.15, -0.1) is 0 Å². The molecule has 0 aliphatic rings. The molecular weight excluding hydrogens is 262 g/mol. The Kier molecular flexibility index (Phi) is 6.85. The first kappa shape index (κ1) is 16.9. The first-order chi connectivity index (χ1) is 8.19. The first-order valence-electron chi connectivity index (χ1n) is 5.49. The van der Waals surface area contributed by atoms with E-state index in [2.05, 4.69) is 9.46 Å². The Morgan fingerprint density at radius 3 is 2.28 bits per heavy atom. The summed E-state index contributed by atoms with van der Waals surface area (Å²) in [5.74, 6) is -2.39. The summed E-state index contributed by atoms with van der Waals surface area (Å²) < 4.78 is 29.7. The van der Waals surface area contributed by atoms with Gasteiger partial charge in [0, 0.05) is 6.42 Å². The molecule has 7 nitrogen and oxygen atoms in total. The number of ether oxygens (including phenoxy) is 1. The number of carboxylic acid groups (broad SMARTS) is 1. The predicted octanol–water partition coefficient (Wildman–Crippen LogP) is -0.0318. The topological polar surface area (TPSA) is 110 Å². The zero-order valence-corrected chi connectivity index (χ0v) is 11.5. The number of carbonyl (C=O) groups is 2. The minimum Gasteiger partial charge on any atom is -0.480 e. The lowest BCUT2D eigenvalue weighted by molar-refractivity contribution is -0.141. The average Bonchev–Trinajstić information content (AvgIpc) is 2.24. The Hall–Kier alpha value is -1.15. The van der Waals surface area contributed by atoms with Crippen molar-refractivity contribution in [2.75, 3.05) is 12.9 Å². The number of sulfonamides is 1. The third-order valence-corrected chi connectivity index (χ3v) is 3.70. The molecule has 0 saturated heterocycles. The summed E-state index contributed by atoms with van der Waals surface area (Å²) in [4.78, 5) is 21.7. The molecule has 1 unspecified atom stereocenters. The van der Waals surface area contributed by atoms with E-state index in [1.165, 1.54) is 7.11 Å². The quantitative estimate of drug-likeness (QED) is 0.604. The molecule has 0 aromatic carbocycles. The molecule has 2 N–H and O–H groups in total. The van der Waals surface area contributed by atoms with Crippen LogP contribution in [0.2, 0.25) is 0 Å². The van der Waals surface area contributed by atoms with Crippen LogP contribution >= 0.6 is 0 Å². The van der Waals surface area contributed by atoms with E-state index >= 15 is 0 Å². The van der Waals surface area contributed by atoms with Crippen LogP contribution in [-0.4, -0.2) is 44.4 Å². The molecule has 0 aromatic heterocycles. The van der Waals surface area contributed by atoms with Crippen molar-refractivity contribution in [3.8, 4) is 0 Å². The summed E-state index contributed by atoms with van der Waals surface area (Å²) in [6.07, 6.45) is 0.0727. The second kappa shape index (κ2) is 7.32. The zero-order chi connectivity index (χ0) is 14.3. The van der Waals surface area contributed by atoms with Crippen molar-refractivity contribution >= 4 is 22.0 Å². The normalized spacial score (nSPS) is 13.3. The highest BCUT2D eigenvalue weighted by Crippen LogP contribution is 2.05. The summed E-state index contributed by atoms with van der Waals surface area (Å²) >= 11 is 0. The second-order valence-corrected chi connectivity index (χ2v) is 6.05. The van der Waals surface area contributed by atoms with Gasteiger partial charge in [0.1, 0.15) is 6.04 Å². The largest absolute Gasteiger partial charge is 0.480 e. The Balaban J connectivity index is 4.38. The van der Waals surface area contributed by atoms with Gasteiger partial charge in [-0.25, -0.2) is 13.1 Å². The fourth-order valence-corrected chi connectivity index (χ4v) is 2.63. The summed E-state index contributed by atoms with van der Waals surface area (Å²) in [5, 5.41) is 8.86. The molecule has 0 heterocycles. The van der Waals surface area contributed by atoms with Crippen LogP contribution in [0.4, 0.5) is 0 Å². The number of rotatable bonds is 8. The van der Waals surface area contributed by atoms with Crippen LogP contribution in [-0.2, 0) is 24.3 Å². The van der Waals surface area contributed by atoms with Gasteiger partial charge in [0.2, 0.25) is 10.0 Å². The summed E-state index contributed by atoms with van der Waals surface area (Å²) in [7, 11) is -2.50. The Morgan fingerprint density at radius 2 is 1.89 bits per heavy atom. The molecule has 8 heteroatoms. The summed E-state index contributed by atoms with van der Waals surface area (Å²) in [6, 6.07) is -1.16. The Bertz CT molecular complexity index is 389. The first-order valence-corrected chi connectivity index (χ1v) is 7.14. The van der Waals surface area contributed by atoms with Crippen molar-refractivity contribution in [2.45, 2.75) is 32.7 Å². The highest BCUT2D eigenvalue weighted by molar-refractivity contribution is 7.89. The van der Waals surface area contributed by atoms with Crippen LogP contribution < -0.4 is 4.72 Å². The SMILES string of the molecule is COC(=O)CCCS(=O)(=O)NC(C(=O)O)C(C)C. The van der Waals surface area contributed by atoms with Gasteiger partial charge in [0.05, 0.1) is 12.9 Å². The maximum Gasteiger partial charge on any atom is 0.321 e. The van der Waals surface area contributed by atoms with Crippen LogP contribution in [0.25, 0.3) is 0 Å². The molecule has 0 aliphatic carbocycles. The number of aliphatic carboxylic acids is 1. The number of carbonyl (C=O) groups excluding carboxylic acids is 1. The third kappa shape index (κ3) is 6.55. The second-order valence-electron chi connectivity index (χ2n) is 4.18. The van der Waals surface area contributed by atoms with Gasteiger partial charge in [-0.1, -0.05) is 13.8 Å². The van der Waals surface area contributed by atoms with Crippen LogP contribution in [0.5, 0.6) is 0 Å². The van der Waals surface area contributed by atoms with Gasteiger partial charge in [0.15, 0.2) is 0 Å². The molecule has 0 bridgehead atoms. The predicted molar refractivity (Wildman–Crippen MR) is 64.4 cm³/mol. The smallest absolute Gasteiger partial charge is 0.321 e. The molecule has 0 aromatic rings. The van der Waals surface area contributed by atoms with Gasteiger partial charge in [-0.05, 0) is 12.3 Å². The maximum atomic E-state index is 11.6. The Morgan fingerprint density at radius 1 is 1.33 bits per heavy atom.